The number of hydrogen-bond acceptors (Lipinski definition) is 2. The van der Waals surface area contributed by atoms with Crippen LogP contribution in [0.1, 0.15) is 40.0 Å². The van der Waals surface area contributed by atoms with Gasteiger partial charge in [0.2, 0.25) is 0 Å². The van der Waals surface area contributed by atoms with Crippen molar-refractivity contribution in [3.63, 3.8) is 0 Å². The van der Waals surface area contributed by atoms with E-state index >= 15 is 0 Å². The number of nitrogens with zero attached hydrogens (tertiary/aromatic N) is 1. The second kappa shape index (κ2) is 5.71. The molecule has 0 aliphatic carbocycles. The van der Waals surface area contributed by atoms with Gasteiger partial charge in [-0.05, 0) is 50.6 Å². The molecular weight excluding hydrogens is 270 g/mol. The van der Waals surface area contributed by atoms with Gasteiger partial charge in [-0.1, -0.05) is 15.9 Å². The van der Waals surface area contributed by atoms with Crippen LogP contribution in [-0.2, 0) is 4.74 Å². The fraction of sp³-hybridized carbons (Fsp3) is 0.750. The summed E-state index contributed by atoms with van der Waals surface area (Å²) >= 11 is 3.34. The Morgan fingerprint density at radius 2 is 2.12 bits per heavy atom. The molecule has 0 bridgehead atoms. The van der Waals surface area contributed by atoms with Crippen LogP contribution in [-0.4, -0.2) is 29.7 Å². The predicted octanol–water partition coefficient (Wildman–Crippen LogP) is 3.69. The highest BCUT2D eigenvalue weighted by Gasteiger charge is 2.23. The zero-order valence-corrected chi connectivity index (χ0v) is 11.8. The van der Waals surface area contributed by atoms with E-state index < -0.39 is 5.60 Å². The molecule has 0 aromatic heterocycles. The molecule has 1 heterocycles. The number of amides is 1. The molecule has 0 saturated carbocycles. The van der Waals surface area contributed by atoms with Gasteiger partial charge in [0.15, 0.2) is 0 Å². The normalized spacial score (nSPS) is 20.8. The Hall–Kier alpha value is -0.510. The van der Waals surface area contributed by atoms with Gasteiger partial charge in [-0.15, -0.1) is 0 Å². The monoisotopic (exact) mass is 289 g/mol. The molecular formula is C12H20BrNO2. The standard InChI is InChI=1S/C12H20BrNO2/c1-12(2,3)16-11(15)14-7-5-4-6-10(8-13)9-14/h8H,4-7,9H2,1-3H3. The van der Waals surface area contributed by atoms with Crippen molar-refractivity contribution in [2.24, 2.45) is 0 Å². The third-order valence-corrected chi connectivity index (χ3v) is 3.02. The lowest BCUT2D eigenvalue weighted by Crippen LogP contribution is -2.37. The van der Waals surface area contributed by atoms with Crippen molar-refractivity contribution in [1.82, 2.24) is 4.90 Å². The molecule has 1 aliphatic heterocycles. The van der Waals surface area contributed by atoms with Crippen molar-refractivity contribution >= 4 is 22.0 Å². The molecule has 4 heteroatoms. The summed E-state index contributed by atoms with van der Waals surface area (Å²) in [7, 11) is 0. The molecule has 92 valence electrons. The first-order valence-corrected chi connectivity index (χ1v) is 6.60. The minimum Gasteiger partial charge on any atom is -0.444 e. The van der Waals surface area contributed by atoms with E-state index in [0.717, 1.165) is 25.8 Å². The van der Waals surface area contributed by atoms with Crippen LogP contribution in [0.25, 0.3) is 0 Å². The Morgan fingerprint density at radius 1 is 1.44 bits per heavy atom. The summed E-state index contributed by atoms with van der Waals surface area (Å²) in [6, 6.07) is 0. The molecule has 16 heavy (non-hydrogen) atoms. The maximum absolute atomic E-state index is 11.9. The quantitative estimate of drug-likeness (QED) is 0.681. The summed E-state index contributed by atoms with van der Waals surface area (Å²) in [5, 5.41) is 0. The van der Waals surface area contributed by atoms with Crippen LogP contribution in [0, 0.1) is 0 Å². The van der Waals surface area contributed by atoms with Crippen LogP contribution in [0.4, 0.5) is 4.79 Å². The number of likely N-dealkylation sites (tertiary alicyclic amines) is 1. The van der Waals surface area contributed by atoms with Gasteiger partial charge in [-0.3, -0.25) is 0 Å². The molecule has 0 aromatic rings. The van der Waals surface area contributed by atoms with Gasteiger partial charge in [-0.25, -0.2) is 4.79 Å². The van der Waals surface area contributed by atoms with Crippen molar-refractivity contribution in [1.29, 1.82) is 0 Å². The Balaban J connectivity index is 2.60. The Labute approximate surface area is 106 Å². The van der Waals surface area contributed by atoms with Crippen molar-refractivity contribution in [2.75, 3.05) is 13.1 Å². The summed E-state index contributed by atoms with van der Waals surface area (Å²) < 4.78 is 5.37. The summed E-state index contributed by atoms with van der Waals surface area (Å²) in [6.07, 6.45) is 3.03. The van der Waals surface area contributed by atoms with Crippen LogP contribution in [0.3, 0.4) is 0 Å². The van der Waals surface area contributed by atoms with Gasteiger partial charge < -0.3 is 9.64 Å². The number of carbonyl (C=O) groups excluding carboxylic acids is 1. The Kier molecular flexibility index (Phi) is 4.84. The molecule has 0 spiro atoms. The molecule has 0 atom stereocenters. The van der Waals surface area contributed by atoms with Crippen LogP contribution < -0.4 is 0 Å². The largest absolute Gasteiger partial charge is 0.444 e. The highest BCUT2D eigenvalue weighted by Crippen LogP contribution is 2.19. The lowest BCUT2D eigenvalue weighted by Gasteiger charge is -2.26. The van der Waals surface area contributed by atoms with E-state index in [1.807, 2.05) is 25.8 Å². The van der Waals surface area contributed by atoms with Crippen LogP contribution in [0.2, 0.25) is 0 Å². The lowest BCUT2D eigenvalue weighted by atomic mass is 10.1. The highest BCUT2D eigenvalue weighted by molar-refractivity contribution is 9.11. The minimum absolute atomic E-state index is 0.207. The van der Waals surface area contributed by atoms with E-state index in [0.29, 0.717) is 6.54 Å². The second-order valence-electron chi connectivity index (χ2n) is 5.13. The first kappa shape index (κ1) is 13.6. The molecule has 1 saturated heterocycles. The SMILES string of the molecule is CC(C)(C)OC(=O)N1CCCCC(=CBr)C1. The van der Waals surface area contributed by atoms with Crippen LogP contribution in [0.15, 0.2) is 10.6 Å². The molecule has 1 rings (SSSR count). The predicted molar refractivity (Wildman–Crippen MR) is 68.7 cm³/mol. The summed E-state index contributed by atoms with van der Waals surface area (Å²) in [6.45, 7) is 7.15. The van der Waals surface area contributed by atoms with E-state index in [1.54, 1.807) is 4.90 Å². The third-order valence-electron chi connectivity index (χ3n) is 2.38. The molecule has 0 unspecified atom stereocenters. The van der Waals surface area contributed by atoms with Crippen molar-refractivity contribution < 1.29 is 9.53 Å². The lowest BCUT2D eigenvalue weighted by molar-refractivity contribution is 0.0271. The van der Waals surface area contributed by atoms with Gasteiger partial charge in [-0.2, -0.15) is 0 Å². The molecule has 0 aromatic carbocycles. The average Bonchev–Trinajstić information content (AvgIpc) is 2.39. The topological polar surface area (TPSA) is 29.5 Å². The van der Waals surface area contributed by atoms with Gasteiger partial charge in [0.1, 0.15) is 5.60 Å². The number of carbonyl (C=O) groups is 1. The van der Waals surface area contributed by atoms with Gasteiger partial charge in [0.25, 0.3) is 0 Å². The summed E-state index contributed by atoms with van der Waals surface area (Å²) in [5.74, 6) is 0. The van der Waals surface area contributed by atoms with Crippen molar-refractivity contribution in [2.45, 2.75) is 45.6 Å². The molecule has 1 fully saturated rings. The second-order valence-corrected chi connectivity index (χ2v) is 5.58. The van der Waals surface area contributed by atoms with Gasteiger partial charge in [0, 0.05) is 13.1 Å². The van der Waals surface area contributed by atoms with Crippen molar-refractivity contribution in [3.05, 3.63) is 10.6 Å². The van der Waals surface area contributed by atoms with E-state index in [2.05, 4.69) is 15.9 Å². The fourth-order valence-electron chi connectivity index (χ4n) is 1.63. The van der Waals surface area contributed by atoms with Gasteiger partial charge in [0.05, 0.1) is 0 Å². The number of rotatable bonds is 0. The van der Waals surface area contributed by atoms with E-state index in [-0.39, 0.29) is 6.09 Å². The molecule has 3 nitrogen and oxygen atoms in total. The third kappa shape index (κ3) is 4.56. The van der Waals surface area contributed by atoms with E-state index in [1.165, 1.54) is 5.57 Å². The smallest absolute Gasteiger partial charge is 0.410 e. The zero-order valence-electron chi connectivity index (χ0n) is 10.3. The minimum atomic E-state index is -0.415. The molecule has 1 amide bonds. The first-order valence-electron chi connectivity index (χ1n) is 5.68. The maximum atomic E-state index is 11.9. The molecule has 0 N–H and O–H groups in total. The van der Waals surface area contributed by atoms with Crippen molar-refractivity contribution in [3.8, 4) is 0 Å². The Bertz CT molecular complexity index is 281. The number of ether oxygens (including phenoxy) is 1. The van der Waals surface area contributed by atoms with E-state index in [4.69, 9.17) is 4.74 Å². The van der Waals surface area contributed by atoms with Crippen LogP contribution in [0.5, 0.6) is 0 Å². The zero-order chi connectivity index (χ0) is 12.2. The van der Waals surface area contributed by atoms with E-state index in [9.17, 15) is 4.79 Å². The highest BCUT2D eigenvalue weighted by atomic mass is 79.9. The van der Waals surface area contributed by atoms with Crippen LogP contribution >= 0.6 is 15.9 Å². The number of hydrogen-bond donors (Lipinski definition) is 0. The average molecular weight is 290 g/mol. The summed E-state index contributed by atoms with van der Waals surface area (Å²) in [4.78, 5) is 15.6. The fourth-order valence-corrected chi connectivity index (χ4v) is 2.00. The molecule has 1 aliphatic rings. The Morgan fingerprint density at radius 3 is 2.69 bits per heavy atom. The summed E-state index contributed by atoms with van der Waals surface area (Å²) in [5.41, 5.74) is 0.838. The molecule has 0 radical (unpaired) electrons. The maximum Gasteiger partial charge on any atom is 0.410 e. The first-order chi connectivity index (χ1) is 7.42. The number of halogens is 1. The van der Waals surface area contributed by atoms with Gasteiger partial charge >= 0.3 is 6.09 Å².